The minimum atomic E-state index is -0.114. The van der Waals surface area contributed by atoms with Gasteiger partial charge in [-0.3, -0.25) is 9.69 Å². The molecule has 0 saturated carbocycles. The van der Waals surface area contributed by atoms with Crippen molar-refractivity contribution in [3.8, 4) is 0 Å². The predicted octanol–water partition coefficient (Wildman–Crippen LogP) is 1.46. The molecule has 1 aliphatic heterocycles. The summed E-state index contributed by atoms with van der Waals surface area (Å²) in [6, 6.07) is 10.2. The van der Waals surface area contributed by atoms with E-state index >= 15 is 0 Å². The van der Waals surface area contributed by atoms with Crippen molar-refractivity contribution in [2.24, 2.45) is 0 Å². The van der Waals surface area contributed by atoms with Crippen LogP contribution in [0.25, 0.3) is 0 Å². The highest BCUT2D eigenvalue weighted by atomic mass is 16.5. The minimum Gasteiger partial charge on any atom is -0.465 e. The van der Waals surface area contributed by atoms with Crippen LogP contribution in [0.2, 0.25) is 0 Å². The topological polar surface area (TPSA) is 41.6 Å². The molecule has 4 heteroatoms. The van der Waals surface area contributed by atoms with Gasteiger partial charge in [-0.05, 0) is 25.3 Å². The molecule has 110 valence electrons. The van der Waals surface area contributed by atoms with E-state index in [-0.39, 0.29) is 12.0 Å². The van der Waals surface area contributed by atoms with E-state index in [1.54, 1.807) is 0 Å². The molecule has 0 amide bonds. The first-order valence-corrected chi connectivity index (χ1v) is 7.46. The van der Waals surface area contributed by atoms with Crippen LogP contribution < -0.4 is 5.32 Å². The van der Waals surface area contributed by atoms with Crippen LogP contribution in [-0.4, -0.2) is 49.7 Å². The summed E-state index contributed by atoms with van der Waals surface area (Å²) in [5.74, 6) is -0.0784. The van der Waals surface area contributed by atoms with Crippen molar-refractivity contribution in [3.63, 3.8) is 0 Å². The molecule has 1 aromatic rings. The Kier molecular flexibility index (Phi) is 6.02. The number of rotatable bonds is 6. The van der Waals surface area contributed by atoms with Gasteiger partial charge in [-0.1, -0.05) is 30.3 Å². The number of carbonyl (C=O) groups excluding carboxylic acids is 1. The summed E-state index contributed by atoms with van der Waals surface area (Å²) < 4.78 is 5.24. The van der Waals surface area contributed by atoms with E-state index in [9.17, 15) is 4.79 Å². The summed E-state index contributed by atoms with van der Waals surface area (Å²) >= 11 is 0. The number of esters is 1. The Hall–Kier alpha value is -1.39. The van der Waals surface area contributed by atoms with E-state index in [0.717, 1.165) is 39.0 Å². The maximum absolute atomic E-state index is 12.2. The third-order valence-corrected chi connectivity index (χ3v) is 3.70. The summed E-state index contributed by atoms with van der Waals surface area (Å²) in [5.41, 5.74) is 1.27. The van der Waals surface area contributed by atoms with E-state index in [0.29, 0.717) is 6.61 Å². The Morgan fingerprint density at radius 1 is 1.30 bits per heavy atom. The van der Waals surface area contributed by atoms with Gasteiger partial charge in [0.05, 0.1) is 6.61 Å². The molecule has 1 heterocycles. The van der Waals surface area contributed by atoms with Crippen LogP contribution >= 0.6 is 0 Å². The van der Waals surface area contributed by atoms with Crippen molar-refractivity contribution < 1.29 is 9.53 Å². The van der Waals surface area contributed by atoms with Gasteiger partial charge < -0.3 is 10.1 Å². The molecular formula is C16H24N2O2. The first-order chi connectivity index (χ1) is 9.81. The lowest BCUT2D eigenvalue weighted by molar-refractivity contribution is -0.150. The Morgan fingerprint density at radius 3 is 2.65 bits per heavy atom. The molecule has 1 saturated heterocycles. The van der Waals surface area contributed by atoms with Crippen LogP contribution in [0.1, 0.15) is 18.9 Å². The molecule has 1 N–H and O–H groups in total. The summed E-state index contributed by atoms with van der Waals surface area (Å²) in [4.78, 5) is 14.4. The lowest BCUT2D eigenvalue weighted by Crippen LogP contribution is -2.51. The summed E-state index contributed by atoms with van der Waals surface area (Å²) in [6.45, 7) is 6.04. The quantitative estimate of drug-likeness (QED) is 0.799. The predicted molar refractivity (Wildman–Crippen MR) is 79.6 cm³/mol. The maximum atomic E-state index is 12.2. The highest BCUT2D eigenvalue weighted by Gasteiger charge is 2.27. The Balaban J connectivity index is 1.96. The van der Waals surface area contributed by atoms with Gasteiger partial charge in [0.1, 0.15) is 6.04 Å². The number of piperazine rings is 1. The lowest BCUT2D eigenvalue weighted by Gasteiger charge is -2.33. The van der Waals surface area contributed by atoms with Crippen LogP contribution in [0.3, 0.4) is 0 Å². The first kappa shape index (κ1) is 15.0. The second kappa shape index (κ2) is 8.02. The number of aryl methyl sites for hydroxylation is 1. The number of nitrogens with zero attached hydrogens (tertiary/aromatic N) is 1. The SMILES string of the molecule is CCOC(=O)C(CCc1ccccc1)N1CCNCC1. The fourth-order valence-electron chi connectivity index (χ4n) is 2.63. The molecular weight excluding hydrogens is 252 g/mol. The van der Waals surface area contributed by atoms with Gasteiger partial charge >= 0.3 is 5.97 Å². The first-order valence-electron chi connectivity index (χ1n) is 7.46. The molecule has 4 nitrogen and oxygen atoms in total. The van der Waals surface area contributed by atoms with Crippen LogP contribution in [0.5, 0.6) is 0 Å². The molecule has 1 aromatic carbocycles. The number of benzene rings is 1. The van der Waals surface area contributed by atoms with E-state index < -0.39 is 0 Å². The van der Waals surface area contributed by atoms with Gasteiger partial charge in [0.2, 0.25) is 0 Å². The minimum absolute atomic E-state index is 0.0784. The summed E-state index contributed by atoms with van der Waals surface area (Å²) in [7, 11) is 0. The summed E-state index contributed by atoms with van der Waals surface area (Å²) in [5, 5.41) is 3.32. The second-order valence-corrected chi connectivity index (χ2v) is 5.08. The van der Waals surface area contributed by atoms with Crippen LogP contribution in [-0.2, 0) is 16.0 Å². The highest BCUT2D eigenvalue weighted by Crippen LogP contribution is 2.12. The second-order valence-electron chi connectivity index (χ2n) is 5.08. The molecule has 0 radical (unpaired) electrons. The molecule has 0 aliphatic carbocycles. The Morgan fingerprint density at radius 2 is 2.00 bits per heavy atom. The Bertz CT molecular complexity index is 402. The third kappa shape index (κ3) is 4.32. The van der Waals surface area contributed by atoms with E-state index in [4.69, 9.17) is 4.74 Å². The molecule has 1 aliphatic rings. The fraction of sp³-hybridized carbons (Fsp3) is 0.562. The van der Waals surface area contributed by atoms with Crippen LogP contribution in [0, 0.1) is 0 Å². The molecule has 2 rings (SSSR count). The van der Waals surface area contributed by atoms with E-state index in [1.165, 1.54) is 5.56 Å². The third-order valence-electron chi connectivity index (χ3n) is 3.70. The molecule has 1 unspecified atom stereocenters. The number of hydrogen-bond donors (Lipinski definition) is 1. The normalized spacial score (nSPS) is 17.6. The standard InChI is InChI=1S/C16H24N2O2/c1-2-20-16(19)15(18-12-10-17-11-13-18)9-8-14-6-4-3-5-7-14/h3-7,15,17H,2,8-13H2,1H3. The van der Waals surface area contributed by atoms with Crippen molar-refractivity contribution in [2.45, 2.75) is 25.8 Å². The number of carbonyl (C=O) groups is 1. The van der Waals surface area contributed by atoms with Crippen molar-refractivity contribution >= 4 is 5.97 Å². The molecule has 0 aromatic heterocycles. The van der Waals surface area contributed by atoms with Gasteiger partial charge in [0.25, 0.3) is 0 Å². The van der Waals surface area contributed by atoms with E-state index in [2.05, 4.69) is 22.3 Å². The zero-order valence-corrected chi connectivity index (χ0v) is 12.2. The monoisotopic (exact) mass is 276 g/mol. The zero-order valence-electron chi connectivity index (χ0n) is 12.2. The van der Waals surface area contributed by atoms with Crippen molar-refractivity contribution in [1.29, 1.82) is 0 Å². The number of ether oxygens (including phenoxy) is 1. The van der Waals surface area contributed by atoms with Gasteiger partial charge in [-0.25, -0.2) is 0 Å². The highest BCUT2D eigenvalue weighted by molar-refractivity contribution is 5.75. The number of hydrogen-bond acceptors (Lipinski definition) is 4. The molecule has 1 atom stereocenters. The average Bonchev–Trinajstić information content (AvgIpc) is 2.50. The van der Waals surface area contributed by atoms with Gasteiger partial charge in [0, 0.05) is 26.2 Å². The van der Waals surface area contributed by atoms with Crippen molar-refractivity contribution in [3.05, 3.63) is 35.9 Å². The number of nitrogens with one attached hydrogen (secondary N) is 1. The van der Waals surface area contributed by atoms with Gasteiger partial charge in [0.15, 0.2) is 0 Å². The van der Waals surface area contributed by atoms with E-state index in [1.807, 2.05) is 25.1 Å². The van der Waals surface area contributed by atoms with Gasteiger partial charge in [-0.15, -0.1) is 0 Å². The molecule has 0 bridgehead atoms. The van der Waals surface area contributed by atoms with Crippen LogP contribution in [0.15, 0.2) is 30.3 Å². The fourth-order valence-corrected chi connectivity index (χ4v) is 2.63. The van der Waals surface area contributed by atoms with Crippen LogP contribution in [0.4, 0.5) is 0 Å². The molecule has 1 fully saturated rings. The summed E-state index contributed by atoms with van der Waals surface area (Å²) in [6.07, 6.45) is 1.73. The smallest absolute Gasteiger partial charge is 0.323 e. The maximum Gasteiger partial charge on any atom is 0.323 e. The van der Waals surface area contributed by atoms with Crippen molar-refractivity contribution in [2.75, 3.05) is 32.8 Å². The zero-order chi connectivity index (χ0) is 14.2. The van der Waals surface area contributed by atoms with Crippen molar-refractivity contribution in [1.82, 2.24) is 10.2 Å². The lowest BCUT2D eigenvalue weighted by atomic mass is 10.0. The Labute approximate surface area is 121 Å². The van der Waals surface area contributed by atoms with Gasteiger partial charge in [-0.2, -0.15) is 0 Å². The molecule has 20 heavy (non-hydrogen) atoms. The average molecular weight is 276 g/mol. The largest absolute Gasteiger partial charge is 0.465 e. The molecule has 0 spiro atoms.